The highest BCUT2D eigenvalue weighted by molar-refractivity contribution is 5.71. The van der Waals surface area contributed by atoms with Crippen LogP contribution in [0.3, 0.4) is 0 Å². The van der Waals surface area contributed by atoms with Crippen LogP contribution in [-0.2, 0) is 0 Å². The monoisotopic (exact) mass is 266 g/mol. The Hall–Kier alpha value is -2.88. The van der Waals surface area contributed by atoms with Crippen molar-refractivity contribution in [2.75, 3.05) is 5.43 Å². The molecular formula is C16H14N2O2. The zero-order valence-electron chi connectivity index (χ0n) is 10.7. The van der Waals surface area contributed by atoms with E-state index in [4.69, 9.17) is 0 Å². The molecule has 3 aromatic rings. The molecule has 0 unspecified atom stereocenters. The summed E-state index contributed by atoms with van der Waals surface area (Å²) in [6.45, 7) is 0. The van der Waals surface area contributed by atoms with E-state index in [0.29, 0.717) is 5.56 Å². The summed E-state index contributed by atoms with van der Waals surface area (Å²) in [5, 5.41) is 20.2. The summed E-state index contributed by atoms with van der Waals surface area (Å²) in [6.07, 6.45) is 0. The minimum atomic E-state index is -0.0507. The summed E-state index contributed by atoms with van der Waals surface area (Å²) >= 11 is 0. The number of anilines is 1. The van der Waals surface area contributed by atoms with Gasteiger partial charge in [0, 0.05) is 11.6 Å². The first-order chi connectivity index (χ1) is 9.75. The van der Waals surface area contributed by atoms with Crippen molar-refractivity contribution in [2.45, 2.75) is 0 Å². The van der Waals surface area contributed by atoms with Crippen molar-refractivity contribution in [1.29, 1.82) is 0 Å². The van der Waals surface area contributed by atoms with Crippen molar-refractivity contribution in [3.8, 4) is 22.9 Å². The summed E-state index contributed by atoms with van der Waals surface area (Å²) in [5.74, 6) is -0.0808. The van der Waals surface area contributed by atoms with E-state index in [-0.39, 0.29) is 11.8 Å². The predicted octanol–water partition coefficient (Wildman–Crippen LogP) is 3.44. The minimum absolute atomic E-state index is 0.0300. The molecule has 3 rings (SSSR count). The maximum atomic E-state index is 10.3. The Bertz CT molecular complexity index is 706. The molecule has 3 N–H and O–H groups in total. The number of para-hydroxylation sites is 1. The Kier molecular flexibility index (Phi) is 3.05. The molecule has 0 atom stereocenters. The number of rotatable bonds is 3. The van der Waals surface area contributed by atoms with E-state index in [0.717, 1.165) is 11.3 Å². The molecule has 20 heavy (non-hydrogen) atoms. The van der Waals surface area contributed by atoms with Crippen LogP contribution in [0.4, 0.5) is 5.69 Å². The number of nitrogens with one attached hydrogen (secondary N) is 1. The maximum absolute atomic E-state index is 10.3. The lowest BCUT2D eigenvalue weighted by atomic mass is 10.1. The van der Waals surface area contributed by atoms with E-state index in [9.17, 15) is 10.2 Å². The standard InChI is InChI=1S/C16H14N2O2/c19-15-11-14(12-7-3-1-4-8-12)16(20)18(15)17-13-9-5-2-6-10-13/h1-11,17,19-20H. The van der Waals surface area contributed by atoms with Gasteiger partial charge in [-0.15, -0.1) is 0 Å². The van der Waals surface area contributed by atoms with E-state index < -0.39 is 0 Å². The van der Waals surface area contributed by atoms with E-state index >= 15 is 0 Å². The Morgan fingerprint density at radius 3 is 2.05 bits per heavy atom. The van der Waals surface area contributed by atoms with Gasteiger partial charge in [-0.3, -0.25) is 5.43 Å². The lowest BCUT2D eigenvalue weighted by molar-refractivity contribution is 0.393. The summed E-state index contributed by atoms with van der Waals surface area (Å²) in [7, 11) is 0. The first-order valence-electron chi connectivity index (χ1n) is 6.27. The van der Waals surface area contributed by atoms with Crippen molar-refractivity contribution in [2.24, 2.45) is 0 Å². The van der Waals surface area contributed by atoms with Crippen molar-refractivity contribution < 1.29 is 10.2 Å². The van der Waals surface area contributed by atoms with Crippen LogP contribution in [0, 0.1) is 0 Å². The minimum Gasteiger partial charge on any atom is -0.493 e. The molecule has 0 aliphatic heterocycles. The number of aromatic nitrogens is 1. The van der Waals surface area contributed by atoms with Gasteiger partial charge in [0.25, 0.3) is 0 Å². The first kappa shape index (κ1) is 12.2. The van der Waals surface area contributed by atoms with Crippen LogP contribution in [-0.4, -0.2) is 14.9 Å². The van der Waals surface area contributed by atoms with Gasteiger partial charge in [-0.05, 0) is 17.7 Å². The average molecular weight is 266 g/mol. The third-order valence-electron chi connectivity index (χ3n) is 3.05. The second-order valence-electron chi connectivity index (χ2n) is 4.42. The maximum Gasteiger partial charge on any atom is 0.221 e. The zero-order chi connectivity index (χ0) is 13.9. The van der Waals surface area contributed by atoms with Crippen LogP contribution in [0.1, 0.15) is 0 Å². The van der Waals surface area contributed by atoms with E-state index in [1.807, 2.05) is 60.7 Å². The highest BCUT2D eigenvalue weighted by Crippen LogP contribution is 2.35. The zero-order valence-corrected chi connectivity index (χ0v) is 10.7. The third kappa shape index (κ3) is 2.19. The van der Waals surface area contributed by atoms with Crippen molar-refractivity contribution >= 4 is 5.69 Å². The van der Waals surface area contributed by atoms with Crippen LogP contribution < -0.4 is 5.43 Å². The number of benzene rings is 2. The van der Waals surface area contributed by atoms with Crippen LogP contribution >= 0.6 is 0 Å². The van der Waals surface area contributed by atoms with Gasteiger partial charge in [0.1, 0.15) is 0 Å². The SMILES string of the molecule is Oc1cc(-c2ccccc2)c(O)n1Nc1ccccc1. The van der Waals surface area contributed by atoms with Crippen LogP contribution in [0.5, 0.6) is 11.8 Å². The van der Waals surface area contributed by atoms with Gasteiger partial charge in [0.05, 0.1) is 5.69 Å². The number of hydrogen-bond donors (Lipinski definition) is 3. The topological polar surface area (TPSA) is 57.4 Å². The Morgan fingerprint density at radius 1 is 0.800 bits per heavy atom. The average Bonchev–Trinajstić information content (AvgIpc) is 2.77. The molecule has 4 heteroatoms. The molecule has 100 valence electrons. The lowest BCUT2D eigenvalue weighted by Crippen LogP contribution is -2.07. The number of aromatic hydroxyl groups is 2. The molecule has 1 heterocycles. The van der Waals surface area contributed by atoms with Gasteiger partial charge < -0.3 is 10.2 Å². The summed E-state index contributed by atoms with van der Waals surface area (Å²) in [4.78, 5) is 0. The second kappa shape index (κ2) is 5.01. The van der Waals surface area contributed by atoms with Crippen molar-refractivity contribution in [1.82, 2.24) is 4.68 Å². The Morgan fingerprint density at radius 2 is 1.40 bits per heavy atom. The van der Waals surface area contributed by atoms with Crippen LogP contribution in [0.15, 0.2) is 66.7 Å². The highest BCUT2D eigenvalue weighted by Gasteiger charge is 2.15. The fourth-order valence-electron chi connectivity index (χ4n) is 2.07. The van der Waals surface area contributed by atoms with Gasteiger partial charge in [-0.25, -0.2) is 0 Å². The van der Waals surface area contributed by atoms with Gasteiger partial charge in [-0.2, -0.15) is 4.68 Å². The van der Waals surface area contributed by atoms with Crippen LogP contribution in [0.2, 0.25) is 0 Å². The van der Waals surface area contributed by atoms with Crippen LogP contribution in [0.25, 0.3) is 11.1 Å². The molecule has 1 aromatic heterocycles. The molecule has 0 fully saturated rings. The molecule has 0 aliphatic rings. The smallest absolute Gasteiger partial charge is 0.221 e. The third-order valence-corrected chi connectivity index (χ3v) is 3.05. The molecular weight excluding hydrogens is 252 g/mol. The predicted molar refractivity (Wildman–Crippen MR) is 78.7 cm³/mol. The van der Waals surface area contributed by atoms with Crippen molar-refractivity contribution in [3.63, 3.8) is 0 Å². The van der Waals surface area contributed by atoms with E-state index in [1.165, 1.54) is 10.7 Å². The molecule has 2 aromatic carbocycles. The molecule has 0 saturated carbocycles. The molecule has 0 amide bonds. The highest BCUT2D eigenvalue weighted by atomic mass is 16.3. The number of nitrogens with zero attached hydrogens (tertiary/aromatic N) is 1. The number of hydrogen-bond acceptors (Lipinski definition) is 3. The fourth-order valence-corrected chi connectivity index (χ4v) is 2.07. The summed E-state index contributed by atoms with van der Waals surface area (Å²) in [6, 6.07) is 20.3. The second-order valence-corrected chi connectivity index (χ2v) is 4.42. The Labute approximate surface area is 116 Å². The lowest BCUT2D eigenvalue weighted by Gasteiger charge is -2.10. The first-order valence-corrected chi connectivity index (χ1v) is 6.27. The molecule has 4 nitrogen and oxygen atoms in total. The molecule has 0 saturated heterocycles. The molecule has 0 radical (unpaired) electrons. The summed E-state index contributed by atoms with van der Waals surface area (Å²) < 4.78 is 1.25. The molecule has 0 spiro atoms. The largest absolute Gasteiger partial charge is 0.493 e. The van der Waals surface area contributed by atoms with Gasteiger partial charge in [-0.1, -0.05) is 48.5 Å². The van der Waals surface area contributed by atoms with Crippen molar-refractivity contribution in [3.05, 3.63) is 66.7 Å². The van der Waals surface area contributed by atoms with E-state index in [2.05, 4.69) is 5.43 Å². The molecule has 0 bridgehead atoms. The van der Waals surface area contributed by atoms with Gasteiger partial charge in [0.2, 0.25) is 11.8 Å². The van der Waals surface area contributed by atoms with E-state index in [1.54, 1.807) is 0 Å². The fraction of sp³-hybridized carbons (Fsp3) is 0. The Balaban J connectivity index is 1.99. The summed E-state index contributed by atoms with van der Waals surface area (Å²) in [5.41, 5.74) is 5.14. The van der Waals surface area contributed by atoms with Gasteiger partial charge >= 0.3 is 0 Å². The normalized spacial score (nSPS) is 10.4. The van der Waals surface area contributed by atoms with Gasteiger partial charge in [0.15, 0.2) is 0 Å². The molecule has 0 aliphatic carbocycles. The quantitative estimate of drug-likeness (QED) is 0.680.